The Kier molecular flexibility index (Phi) is 5.53. The molecule has 3 aromatic rings. The standard InChI is InChI=1S/C21H21N5O2S/c22-20(27)15-6-1-2-7-16(15)23-21(28)14-5-3-11-26(13-14)19-10-9-17(24-25-19)18-8-4-12-29-18/h1-2,4,6-10,12,14H,3,5,11,13H2,(H2,22,27)(H,23,28). The minimum atomic E-state index is -0.563. The maximum absolute atomic E-state index is 12.8. The Morgan fingerprint density at radius 3 is 2.69 bits per heavy atom. The number of anilines is 2. The van der Waals surface area contributed by atoms with Gasteiger partial charge in [0, 0.05) is 13.1 Å². The van der Waals surface area contributed by atoms with Gasteiger partial charge in [0.2, 0.25) is 5.91 Å². The highest BCUT2D eigenvalue weighted by Crippen LogP contribution is 2.26. The molecule has 0 saturated carbocycles. The normalized spacial score (nSPS) is 16.4. The fourth-order valence-electron chi connectivity index (χ4n) is 3.49. The molecule has 3 N–H and O–H groups in total. The molecule has 1 atom stereocenters. The molecule has 1 saturated heterocycles. The molecule has 1 aromatic carbocycles. The van der Waals surface area contributed by atoms with E-state index in [-0.39, 0.29) is 11.8 Å². The van der Waals surface area contributed by atoms with E-state index < -0.39 is 5.91 Å². The van der Waals surface area contributed by atoms with Crippen molar-refractivity contribution in [2.75, 3.05) is 23.3 Å². The predicted molar refractivity (Wildman–Crippen MR) is 114 cm³/mol. The van der Waals surface area contributed by atoms with Gasteiger partial charge in [0.15, 0.2) is 5.82 Å². The second-order valence-electron chi connectivity index (χ2n) is 6.94. The number of carbonyl (C=O) groups excluding carboxylic acids is 2. The van der Waals surface area contributed by atoms with E-state index in [1.807, 2.05) is 29.6 Å². The summed E-state index contributed by atoms with van der Waals surface area (Å²) in [6.07, 6.45) is 1.66. The highest BCUT2D eigenvalue weighted by Gasteiger charge is 2.27. The van der Waals surface area contributed by atoms with Gasteiger partial charge in [-0.2, -0.15) is 0 Å². The summed E-state index contributed by atoms with van der Waals surface area (Å²) in [4.78, 5) is 27.5. The van der Waals surface area contributed by atoms with Gasteiger partial charge in [-0.1, -0.05) is 18.2 Å². The van der Waals surface area contributed by atoms with Gasteiger partial charge >= 0.3 is 0 Å². The number of nitrogens with two attached hydrogens (primary N) is 1. The zero-order valence-corrected chi connectivity index (χ0v) is 16.6. The molecule has 2 aromatic heterocycles. The van der Waals surface area contributed by atoms with Crippen molar-refractivity contribution in [2.45, 2.75) is 12.8 Å². The average Bonchev–Trinajstić information content (AvgIpc) is 3.29. The number of nitrogens with one attached hydrogen (secondary N) is 1. The van der Waals surface area contributed by atoms with Crippen LogP contribution in [0.15, 0.2) is 53.9 Å². The zero-order valence-electron chi connectivity index (χ0n) is 15.7. The Morgan fingerprint density at radius 1 is 1.10 bits per heavy atom. The van der Waals surface area contributed by atoms with Gasteiger partial charge in [-0.15, -0.1) is 21.5 Å². The van der Waals surface area contributed by atoms with Crippen molar-refractivity contribution in [3.05, 3.63) is 59.5 Å². The number of hydrogen-bond donors (Lipinski definition) is 2. The van der Waals surface area contributed by atoms with Crippen molar-refractivity contribution >= 4 is 34.7 Å². The highest BCUT2D eigenvalue weighted by molar-refractivity contribution is 7.13. The smallest absolute Gasteiger partial charge is 0.250 e. The van der Waals surface area contributed by atoms with Gasteiger partial charge in [-0.05, 0) is 48.6 Å². The van der Waals surface area contributed by atoms with Crippen LogP contribution < -0.4 is 16.0 Å². The van der Waals surface area contributed by atoms with Crippen molar-refractivity contribution in [1.82, 2.24) is 10.2 Å². The molecular formula is C21H21N5O2S. The Morgan fingerprint density at radius 2 is 1.97 bits per heavy atom. The van der Waals surface area contributed by atoms with Gasteiger partial charge in [-0.3, -0.25) is 9.59 Å². The largest absolute Gasteiger partial charge is 0.366 e. The fourth-order valence-corrected chi connectivity index (χ4v) is 4.18. The molecule has 1 fully saturated rings. The molecule has 7 nitrogen and oxygen atoms in total. The van der Waals surface area contributed by atoms with Crippen molar-refractivity contribution < 1.29 is 9.59 Å². The molecule has 0 radical (unpaired) electrons. The van der Waals surface area contributed by atoms with E-state index in [1.165, 1.54) is 0 Å². The van der Waals surface area contributed by atoms with Crippen LogP contribution in [0, 0.1) is 5.92 Å². The van der Waals surface area contributed by atoms with Gasteiger partial charge < -0.3 is 16.0 Å². The van der Waals surface area contributed by atoms with Crippen LogP contribution in [-0.2, 0) is 4.79 Å². The number of rotatable bonds is 5. The van der Waals surface area contributed by atoms with E-state index >= 15 is 0 Å². The SMILES string of the molecule is NC(=O)c1ccccc1NC(=O)C1CCCN(c2ccc(-c3cccs3)nn2)C1. The Bertz CT molecular complexity index is 1000. The van der Waals surface area contributed by atoms with Crippen molar-refractivity contribution in [2.24, 2.45) is 11.7 Å². The van der Waals surface area contributed by atoms with Gasteiger partial charge in [0.05, 0.1) is 22.0 Å². The van der Waals surface area contributed by atoms with E-state index in [2.05, 4.69) is 20.4 Å². The molecule has 0 spiro atoms. The molecule has 8 heteroatoms. The first-order valence-corrected chi connectivity index (χ1v) is 10.3. The van der Waals surface area contributed by atoms with E-state index in [0.717, 1.165) is 35.8 Å². The van der Waals surface area contributed by atoms with Crippen LogP contribution in [0.1, 0.15) is 23.2 Å². The van der Waals surface area contributed by atoms with Crippen molar-refractivity contribution in [1.29, 1.82) is 0 Å². The molecule has 1 unspecified atom stereocenters. The topological polar surface area (TPSA) is 101 Å². The zero-order chi connectivity index (χ0) is 20.2. The van der Waals surface area contributed by atoms with Crippen LogP contribution in [0.2, 0.25) is 0 Å². The summed E-state index contributed by atoms with van der Waals surface area (Å²) in [6.45, 7) is 1.38. The predicted octanol–water partition coefficient (Wildman–Crippen LogP) is 3.16. The lowest BCUT2D eigenvalue weighted by Gasteiger charge is -2.32. The number of para-hydroxylation sites is 1. The number of hydrogen-bond acceptors (Lipinski definition) is 6. The van der Waals surface area contributed by atoms with Gasteiger partial charge in [0.25, 0.3) is 5.91 Å². The molecule has 1 aliphatic heterocycles. The number of primary amides is 1. The number of piperidine rings is 1. The van der Waals surface area contributed by atoms with Crippen LogP contribution in [0.3, 0.4) is 0 Å². The molecule has 148 valence electrons. The summed E-state index contributed by atoms with van der Waals surface area (Å²) in [5.41, 5.74) is 7.00. The summed E-state index contributed by atoms with van der Waals surface area (Å²) < 4.78 is 0. The first-order chi connectivity index (χ1) is 14.1. The lowest BCUT2D eigenvalue weighted by molar-refractivity contribution is -0.120. The first kappa shape index (κ1) is 19.1. The van der Waals surface area contributed by atoms with Crippen molar-refractivity contribution in [3.8, 4) is 10.6 Å². The Hall–Kier alpha value is -3.26. The summed E-state index contributed by atoms with van der Waals surface area (Å²) in [6, 6.07) is 14.7. The van der Waals surface area contributed by atoms with Crippen LogP contribution in [0.5, 0.6) is 0 Å². The summed E-state index contributed by atoms with van der Waals surface area (Å²) in [5, 5.41) is 13.6. The maximum Gasteiger partial charge on any atom is 0.250 e. The summed E-state index contributed by atoms with van der Waals surface area (Å²) in [7, 11) is 0. The second-order valence-corrected chi connectivity index (χ2v) is 7.89. The minimum Gasteiger partial charge on any atom is -0.366 e. The molecule has 3 heterocycles. The van der Waals surface area contributed by atoms with E-state index in [9.17, 15) is 9.59 Å². The molecule has 0 aliphatic carbocycles. The Labute approximate surface area is 172 Å². The number of nitrogens with zero attached hydrogens (tertiary/aromatic N) is 3. The minimum absolute atomic E-state index is 0.119. The van der Waals surface area contributed by atoms with Crippen LogP contribution in [-0.4, -0.2) is 35.1 Å². The monoisotopic (exact) mass is 407 g/mol. The third kappa shape index (κ3) is 4.27. The quantitative estimate of drug-likeness (QED) is 0.677. The van der Waals surface area contributed by atoms with Crippen LogP contribution in [0.4, 0.5) is 11.5 Å². The second kappa shape index (κ2) is 8.40. The van der Waals surface area contributed by atoms with E-state index in [1.54, 1.807) is 35.6 Å². The van der Waals surface area contributed by atoms with Crippen LogP contribution in [0.25, 0.3) is 10.6 Å². The number of thiophene rings is 1. The molecule has 29 heavy (non-hydrogen) atoms. The highest BCUT2D eigenvalue weighted by atomic mass is 32.1. The number of benzene rings is 1. The Balaban J connectivity index is 1.44. The van der Waals surface area contributed by atoms with E-state index in [0.29, 0.717) is 17.8 Å². The van der Waals surface area contributed by atoms with Crippen LogP contribution >= 0.6 is 11.3 Å². The number of amides is 2. The van der Waals surface area contributed by atoms with Gasteiger partial charge in [0.1, 0.15) is 5.69 Å². The number of aromatic nitrogens is 2. The molecule has 0 bridgehead atoms. The fraction of sp³-hybridized carbons (Fsp3) is 0.238. The third-order valence-corrected chi connectivity index (χ3v) is 5.88. The first-order valence-electron chi connectivity index (χ1n) is 9.44. The lowest BCUT2D eigenvalue weighted by atomic mass is 9.96. The maximum atomic E-state index is 12.8. The average molecular weight is 407 g/mol. The van der Waals surface area contributed by atoms with Crippen molar-refractivity contribution in [3.63, 3.8) is 0 Å². The molecule has 1 aliphatic rings. The third-order valence-electron chi connectivity index (χ3n) is 4.99. The molecular weight excluding hydrogens is 386 g/mol. The molecule has 4 rings (SSSR count). The van der Waals surface area contributed by atoms with Gasteiger partial charge in [-0.25, -0.2) is 0 Å². The lowest BCUT2D eigenvalue weighted by Crippen LogP contribution is -2.41. The van der Waals surface area contributed by atoms with E-state index in [4.69, 9.17) is 5.73 Å². The summed E-state index contributed by atoms with van der Waals surface area (Å²) >= 11 is 1.62. The number of carbonyl (C=O) groups is 2. The molecule has 2 amide bonds. The summed E-state index contributed by atoms with van der Waals surface area (Å²) in [5.74, 6) is -0.123.